The molecule has 2 rings (SSSR count). The van der Waals surface area contributed by atoms with Crippen molar-refractivity contribution in [2.45, 2.75) is 31.3 Å². The number of ether oxygens (including phenoxy) is 1. The van der Waals surface area contributed by atoms with E-state index < -0.39 is 12.2 Å². The molecule has 0 saturated carbocycles. The maximum atomic E-state index is 11.0. The van der Waals surface area contributed by atoms with Gasteiger partial charge in [0.25, 0.3) is 0 Å². The highest BCUT2D eigenvalue weighted by Gasteiger charge is 2.52. The lowest BCUT2D eigenvalue weighted by molar-refractivity contribution is 0.0969. The summed E-state index contributed by atoms with van der Waals surface area (Å²) in [5.41, 5.74) is 0.749. The Labute approximate surface area is 58.9 Å². The molecule has 1 heterocycles. The summed E-state index contributed by atoms with van der Waals surface area (Å²) in [5, 5.41) is 20.2. The van der Waals surface area contributed by atoms with Crippen LogP contribution >= 0.6 is 0 Å². The minimum atomic E-state index is -0.756. The van der Waals surface area contributed by atoms with Crippen molar-refractivity contribution in [1.82, 2.24) is 0 Å². The third kappa shape index (κ3) is 0.714. The molecule has 0 aromatic carbocycles. The van der Waals surface area contributed by atoms with Crippen molar-refractivity contribution in [3.05, 3.63) is 11.6 Å². The van der Waals surface area contributed by atoms with Gasteiger partial charge in [0.15, 0.2) is 0 Å². The number of hydrogen-bond donors (Lipinski definition) is 1. The van der Waals surface area contributed by atoms with Crippen LogP contribution in [0.15, 0.2) is 11.6 Å². The van der Waals surface area contributed by atoms with Gasteiger partial charge in [0.05, 0.1) is 0 Å². The fourth-order valence-electron chi connectivity index (χ4n) is 1.37. The van der Waals surface area contributed by atoms with Crippen LogP contribution in [0.4, 0.5) is 0 Å². The lowest BCUT2D eigenvalue weighted by Crippen LogP contribution is -2.28. The van der Waals surface area contributed by atoms with Gasteiger partial charge in [-0.3, -0.25) is 0 Å². The van der Waals surface area contributed by atoms with Crippen molar-refractivity contribution in [1.29, 1.82) is 0 Å². The fourth-order valence-corrected chi connectivity index (χ4v) is 1.37. The maximum absolute atomic E-state index is 11.0. The minimum Gasteiger partial charge on any atom is -0.386 e. The van der Waals surface area contributed by atoms with E-state index in [1.54, 1.807) is 13.0 Å². The number of aliphatic hydroxyl groups is 1. The normalized spacial score (nSPS) is 51.7. The van der Waals surface area contributed by atoms with Gasteiger partial charge >= 0.3 is 0 Å². The molecular weight excluding hydrogens is 132 g/mol. The Morgan fingerprint density at radius 2 is 2.30 bits per heavy atom. The molecule has 0 bridgehead atoms. The molecule has 0 aromatic heterocycles. The highest BCUT2D eigenvalue weighted by molar-refractivity contribution is 5.22. The molecule has 3 nitrogen and oxygen atoms in total. The Morgan fingerprint density at radius 3 is 3.00 bits per heavy atom. The Morgan fingerprint density at radius 1 is 1.60 bits per heavy atom. The molecule has 10 heavy (non-hydrogen) atoms. The number of epoxide rings is 1. The molecule has 0 spiro atoms. The molecule has 1 aliphatic heterocycles. The molecule has 2 aliphatic rings. The second-order valence-electron chi connectivity index (χ2n) is 2.89. The zero-order valence-electron chi connectivity index (χ0n) is 5.65. The first-order chi connectivity index (χ1) is 4.70. The van der Waals surface area contributed by atoms with Gasteiger partial charge in [-0.05, 0) is 18.6 Å². The van der Waals surface area contributed by atoms with Gasteiger partial charge in [-0.15, -0.1) is 0 Å². The van der Waals surface area contributed by atoms with Crippen molar-refractivity contribution < 1.29 is 14.9 Å². The van der Waals surface area contributed by atoms with Crippen molar-refractivity contribution in [3.63, 3.8) is 0 Å². The van der Waals surface area contributed by atoms with Gasteiger partial charge in [0.2, 0.25) is 0 Å². The number of rotatable bonds is 0. The molecule has 0 unspecified atom stereocenters. The molecule has 0 aromatic rings. The van der Waals surface area contributed by atoms with Crippen molar-refractivity contribution >= 4 is 0 Å². The van der Waals surface area contributed by atoms with Crippen molar-refractivity contribution in [3.8, 4) is 0 Å². The number of hydrogen-bond acceptors (Lipinski definition) is 2. The van der Waals surface area contributed by atoms with Crippen LogP contribution in [-0.2, 0) is 9.84 Å². The number of fused-ring (bicyclic) bond motifs is 1. The molecule has 1 radical (unpaired) electrons. The SMILES string of the molecule is CC1=C[C@H]([O])[C@@H]2O[C@@H]2[C@@H]1O. The van der Waals surface area contributed by atoms with Crippen LogP contribution in [0.2, 0.25) is 0 Å². The van der Waals surface area contributed by atoms with E-state index >= 15 is 0 Å². The van der Waals surface area contributed by atoms with E-state index in [4.69, 9.17) is 4.74 Å². The molecule has 3 heteroatoms. The Balaban J connectivity index is 2.22. The van der Waals surface area contributed by atoms with Crippen LogP contribution in [-0.4, -0.2) is 29.5 Å². The Bertz CT molecular complexity index is 187. The summed E-state index contributed by atoms with van der Waals surface area (Å²) in [6.07, 6.45) is -0.200. The topological polar surface area (TPSA) is 52.7 Å². The fraction of sp³-hybridized carbons (Fsp3) is 0.714. The van der Waals surface area contributed by atoms with Gasteiger partial charge in [-0.25, -0.2) is 5.11 Å². The summed E-state index contributed by atoms with van der Waals surface area (Å²) >= 11 is 0. The summed E-state index contributed by atoms with van der Waals surface area (Å²) in [4.78, 5) is 0. The second-order valence-corrected chi connectivity index (χ2v) is 2.89. The van der Waals surface area contributed by atoms with E-state index in [2.05, 4.69) is 0 Å². The van der Waals surface area contributed by atoms with Crippen LogP contribution in [0.25, 0.3) is 0 Å². The predicted octanol–water partition coefficient (Wildman–Crippen LogP) is -0.126. The van der Waals surface area contributed by atoms with Gasteiger partial charge in [-0.1, -0.05) is 0 Å². The van der Waals surface area contributed by atoms with Crippen LogP contribution in [0, 0.1) is 0 Å². The van der Waals surface area contributed by atoms with E-state index in [-0.39, 0.29) is 12.2 Å². The highest BCUT2D eigenvalue weighted by atomic mass is 16.6. The lowest BCUT2D eigenvalue weighted by Gasteiger charge is -2.13. The highest BCUT2D eigenvalue weighted by Crippen LogP contribution is 2.36. The summed E-state index contributed by atoms with van der Waals surface area (Å²) in [6.45, 7) is 1.76. The zero-order valence-corrected chi connectivity index (χ0v) is 5.65. The van der Waals surface area contributed by atoms with Gasteiger partial charge in [0, 0.05) is 0 Å². The van der Waals surface area contributed by atoms with E-state index in [1.807, 2.05) is 0 Å². The van der Waals surface area contributed by atoms with Crippen LogP contribution in [0.5, 0.6) is 0 Å². The van der Waals surface area contributed by atoms with Gasteiger partial charge < -0.3 is 9.84 Å². The molecule has 1 N–H and O–H groups in total. The molecule has 1 aliphatic carbocycles. The van der Waals surface area contributed by atoms with Gasteiger partial charge in [0.1, 0.15) is 24.4 Å². The maximum Gasteiger partial charge on any atom is 0.140 e. The third-order valence-electron chi connectivity index (χ3n) is 2.09. The van der Waals surface area contributed by atoms with Crippen LogP contribution in [0.3, 0.4) is 0 Å². The van der Waals surface area contributed by atoms with Crippen LogP contribution in [0.1, 0.15) is 6.92 Å². The monoisotopic (exact) mass is 141 g/mol. The molecular formula is C7H9O3. The van der Waals surface area contributed by atoms with E-state index in [0.29, 0.717) is 0 Å². The third-order valence-corrected chi connectivity index (χ3v) is 2.09. The molecule has 0 amide bonds. The standard InChI is InChI=1S/C7H9O3/c1-3-2-4(8)6-7(10-6)5(3)9/h2,4-7,9H,1H3/t4-,5+,6-,7+/m0/s1. The molecule has 4 atom stereocenters. The first kappa shape index (κ1) is 6.34. The average molecular weight is 141 g/mol. The average Bonchev–Trinajstić information content (AvgIpc) is 2.61. The van der Waals surface area contributed by atoms with Crippen molar-refractivity contribution in [2.75, 3.05) is 0 Å². The Hall–Kier alpha value is -0.380. The first-order valence-electron chi connectivity index (χ1n) is 3.38. The minimum absolute atomic E-state index is 0.201. The van der Waals surface area contributed by atoms with Crippen molar-refractivity contribution in [2.24, 2.45) is 0 Å². The van der Waals surface area contributed by atoms with E-state index in [9.17, 15) is 10.2 Å². The van der Waals surface area contributed by atoms with Crippen LogP contribution < -0.4 is 0 Å². The zero-order chi connectivity index (χ0) is 7.30. The lowest BCUT2D eigenvalue weighted by atomic mass is 9.96. The van der Waals surface area contributed by atoms with Gasteiger partial charge in [-0.2, -0.15) is 0 Å². The number of aliphatic hydroxyl groups excluding tert-OH is 1. The van der Waals surface area contributed by atoms with E-state index in [1.165, 1.54) is 0 Å². The Kier molecular flexibility index (Phi) is 1.15. The second kappa shape index (κ2) is 1.81. The molecule has 1 fully saturated rings. The van der Waals surface area contributed by atoms with E-state index in [0.717, 1.165) is 5.57 Å². The molecule has 55 valence electrons. The smallest absolute Gasteiger partial charge is 0.140 e. The predicted molar refractivity (Wildman–Crippen MR) is 32.9 cm³/mol. The summed E-state index contributed by atoms with van der Waals surface area (Å²) in [7, 11) is 0. The summed E-state index contributed by atoms with van der Waals surface area (Å²) < 4.78 is 4.96. The largest absolute Gasteiger partial charge is 0.386 e. The first-order valence-corrected chi connectivity index (χ1v) is 3.38. The summed E-state index contributed by atoms with van der Waals surface area (Å²) in [6, 6.07) is 0. The quantitative estimate of drug-likeness (QED) is 0.377. The molecule has 1 saturated heterocycles. The summed E-state index contributed by atoms with van der Waals surface area (Å²) in [5.74, 6) is 0.